The molecule has 0 atom stereocenters. The minimum absolute atomic E-state index is 0.122. The monoisotopic (exact) mass is 267 g/mol. The zero-order valence-corrected chi connectivity index (χ0v) is 12.1. The third kappa shape index (κ3) is 2.61. The molecule has 5 nitrogen and oxygen atoms in total. The molecule has 2 heterocycles. The Labute approximate surface area is 115 Å². The lowest BCUT2D eigenvalue weighted by Gasteiger charge is -2.33. The zero-order valence-electron chi connectivity index (χ0n) is 12.1. The first kappa shape index (κ1) is 14.3. The molecule has 2 saturated heterocycles. The molecule has 0 aromatic carbocycles. The van der Waals surface area contributed by atoms with E-state index in [0.717, 1.165) is 13.0 Å². The maximum absolute atomic E-state index is 12.0. The molecule has 2 aliphatic heterocycles. The molecule has 3 amide bonds. The smallest absolute Gasteiger partial charge is 0.310 e. The average molecular weight is 267 g/mol. The zero-order chi connectivity index (χ0) is 13.9. The molecule has 1 N–H and O–H groups in total. The first-order chi connectivity index (χ1) is 9.14. The van der Waals surface area contributed by atoms with E-state index in [4.69, 9.17) is 0 Å². The average Bonchev–Trinajstić information content (AvgIpc) is 2.98. The second-order valence-electron chi connectivity index (χ2n) is 5.55. The van der Waals surface area contributed by atoms with Gasteiger partial charge in [0.05, 0.1) is 0 Å². The van der Waals surface area contributed by atoms with E-state index >= 15 is 0 Å². The summed E-state index contributed by atoms with van der Waals surface area (Å²) in [6.07, 6.45) is 4.89. The molecule has 5 heteroatoms. The molecular weight excluding hydrogens is 242 g/mol. The molecule has 0 aliphatic carbocycles. The summed E-state index contributed by atoms with van der Waals surface area (Å²) in [5.74, 6) is -0.122. The molecule has 2 fully saturated rings. The molecule has 2 rings (SSSR count). The summed E-state index contributed by atoms with van der Waals surface area (Å²) in [7, 11) is 0. The topological polar surface area (TPSA) is 52.7 Å². The minimum Gasteiger partial charge on any atom is -0.310 e. The number of carbonyl (C=O) groups excluding carboxylic acids is 2. The summed E-state index contributed by atoms with van der Waals surface area (Å²) in [5.41, 5.74) is -0.609. The van der Waals surface area contributed by atoms with Gasteiger partial charge in [-0.2, -0.15) is 0 Å². The molecule has 0 aromatic rings. The largest absolute Gasteiger partial charge is 0.325 e. The summed E-state index contributed by atoms with van der Waals surface area (Å²) >= 11 is 0. The third-order valence-electron chi connectivity index (χ3n) is 4.63. The van der Waals surface area contributed by atoms with Crippen LogP contribution < -0.4 is 5.32 Å². The van der Waals surface area contributed by atoms with Crippen LogP contribution >= 0.6 is 0 Å². The van der Waals surface area contributed by atoms with Crippen molar-refractivity contribution in [3.05, 3.63) is 0 Å². The first-order valence-electron chi connectivity index (χ1n) is 7.49. The van der Waals surface area contributed by atoms with Gasteiger partial charge in [0.2, 0.25) is 0 Å². The van der Waals surface area contributed by atoms with Gasteiger partial charge in [0, 0.05) is 6.54 Å². The van der Waals surface area contributed by atoms with Crippen LogP contribution in [0.15, 0.2) is 0 Å². The molecule has 0 saturated carbocycles. The van der Waals surface area contributed by atoms with E-state index in [9.17, 15) is 9.59 Å². The maximum Gasteiger partial charge on any atom is 0.325 e. The van der Waals surface area contributed by atoms with E-state index in [1.54, 1.807) is 4.90 Å². The van der Waals surface area contributed by atoms with Gasteiger partial charge in [-0.1, -0.05) is 13.8 Å². The normalized spacial score (nSPS) is 23.2. The molecular formula is C14H25N3O2. The van der Waals surface area contributed by atoms with Gasteiger partial charge in [-0.05, 0) is 51.7 Å². The van der Waals surface area contributed by atoms with Crippen molar-refractivity contribution in [3.63, 3.8) is 0 Å². The molecule has 0 unspecified atom stereocenters. The Morgan fingerprint density at radius 1 is 1.11 bits per heavy atom. The van der Waals surface area contributed by atoms with Crippen LogP contribution in [-0.4, -0.2) is 53.5 Å². The van der Waals surface area contributed by atoms with Crippen molar-refractivity contribution in [2.45, 2.75) is 51.5 Å². The van der Waals surface area contributed by atoms with E-state index in [-0.39, 0.29) is 11.9 Å². The van der Waals surface area contributed by atoms with Gasteiger partial charge in [0.1, 0.15) is 5.54 Å². The highest BCUT2D eigenvalue weighted by Gasteiger charge is 2.49. The van der Waals surface area contributed by atoms with Crippen molar-refractivity contribution >= 4 is 11.9 Å². The summed E-state index contributed by atoms with van der Waals surface area (Å²) in [6.45, 7) is 8.02. The number of nitrogens with zero attached hydrogens (tertiary/aromatic N) is 2. The second kappa shape index (κ2) is 5.90. The Balaban J connectivity index is 1.92. The van der Waals surface area contributed by atoms with Gasteiger partial charge < -0.3 is 9.80 Å². The quantitative estimate of drug-likeness (QED) is 0.743. The minimum atomic E-state index is -0.609. The van der Waals surface area contributed by atoms with Crippen molar-refractivity contribution in [2.75, 3.05) is 26.2 Å². The molecule has 0 radical (unpaired) electrons. The number of carbonyl (C=O) groups is 2. The van der Waals surface area contributed by atoms with Gasteiger partial charge in [-0.15, -0.1) is 0 Å². The van der Waals surface area contributed by atoms with Gasteiger partial charge >= 0.3 is 6.03 Å². The van der Waals surface area contributed by atoms with Crippen molar-refractivity contribution < 1.29 is 9.59 Å². The van der Waals surface area contributed by atoms with Crippen LogP contribution in [-0.2, 0) is 4.79 Å². The van der Waals surface area contributed by atoms with E-state index in [1.165, 1.54) is 25.9 Å². The van der Waals surface area contributed by atoms with E-state index in [1.807, 2.05) is 13.8 Å². The molecule has 108 valence electrons. The van der Waals surface area contributed by atoms with Crippen molar-refractivity contribution in [1.29, 1.82) is 0 Å². The summed E-state index contributed by atoms with van der Waals surface area (Å²) in [6, 6.07) is -0.213. The Morgan fingerprint density at radius 3 is 2.32 bits per heavy atom. The Morgan fingerprint density at radius 2 is 1.74 bits per heavy atom. The Hall–Kier alpha value is -1.10. The van der Waals surface area contributed by atoms with Crippen molar-refractivity contribution in [1.82, 2.24) is 15.1 Å². The molecule has 0 bridgehead atoms. The third-order valence-corrected chi connectivity index (χ3v) is 4.63. The van der Waals surface area contributed by atoms with Crippen LogP contribution in [0.1, 0.15) is 46.0 Å². The number of urea groups is 1. The van der Waals surface area contributed by atoms with Crippen LogP contribution in [0.3, 0.4) is 0 Å². The number of nitrogens with one attached hydrogen (secondary N) is 1. The number of rotatable bonds is 6. The standard InChI is InChI=1S/C14H25N3O2/c1-3-14(4-2)12(18)15-13(19)17(14)11-7-10-16-8-5-6-9-16/h3-11H2,1-2H3,(H,15,18,19). The van der Waals surface area contributed by atoms with Crippen LogP contribution in [0.5, 0.6) is 0 Å². The van der Waals surface area contributed by atoms with Crippen LogP contribution in [0.2, 0.25) is 0 Å². The lowest BCUT2D eigenvalue weighted by atomic mass is 9.91. The molecule has 0 spiro atoms. The van der Waals surface area contributed by atoms with Crippen molar-refractivity contribution in [2.24, 2.45) is 0 Å². The highest BCUT2D eigenvalue weighted by atomic mass is 16.2. The number of amides is 3. The lowest BCUT2D eigenvalue weighted by molar-refractivity contribution is -0.127. The van der Waals surface area contributed by atoms with Crippen LogP contribution in [0.25, 0.3) is 0 Å². The SMILES string of the molecule is CCC1(CC)C(=O)NC(=O)N1CCCN1CCCC1. The van der Waals surface area contributed by atoms with Crippen molar-refractivity contribution in [3.8, 4) is 0 Å². The van der Waals surface area contributed by atoms with Gasteiger partial charge in [-0.25, -0.2) is 4.79 Å². The van der Waals surface area contributed by atoms with Gasteiger partial charge in [0.15, 0.2) is 0 Å². The Bertz CT molecular complexity index is 347. The highest BCUT2D eigenvalue weighted by Crippen LogP contribution is 2.29. The number of likely N-dealkylation sites (tertiary alicyclic amines) is 1. The first-order valence-corrected chi connectivity index (χ1v) is 7.49. The fourth-order valence-corrected chi connectivity index (χ4v) is 3.32. The number of imide groups is 1. The van der Waals surface area contributed by atoms with E-state index in [2.05, 4.69) is 10.2 Å². The second-order valence-corrected chi connectivity index (χ2v) is 5.55. The van der Waals surface area contributed by atoms with E-state index in [0.29, 0.717) is 19.4 Å². The van der Waals surface area contributed by atoms with Gasteiger partial charge in [-0.3, -0.25) is 10.1 Å². The maximum atomic E-state index is 12.0. The Kier molecular flexibility index (Phi) is 4.45. The highest BCUT2D eigenvalue weighted by molar-refractivity contribution is 6.06. The van der Waals surface area contributed by atoms with Gasteiger partial charge in [0.25, 0.3) is 5.91 Å². The summed E-state index contributed by atoms with van der Waals surface area (Å²) in [4.78, 5) is 28.1. The predicted octanol–water partition coefficient (Wildman–Crippen LogP) is 1.58. The molecule has 0 aromatic heterocycles. The molecule has 2 aliphatic rings. The predicted molar refractivity (Wildman–Crippen MR) is 73.8 cm³/mol. The number of hydrogen-bond acceptors (Lipinski definition) is 3. The van der Waals surface area contributed by atoms with Crippen LogP contribution in [0.4, 0.5) is 4.79 Å². The lowest BCUT2D eigenvalue weighted by Crippen LogP contribution is -2.49. The fraction of sp³-hybridized carbons (Fsp3) is 0.857. The fourth-order valence-electron chi connectivity index (χ4n) is 3.32. The molecule has 19 heavy (non-hydrogen) atoms. The van der Waals surface area contributed by atoms with Crippen LogP contribution in [0, 0.1) is 0 Å². The van der Waals surface area contributed by atoms with E-state index < -0.39 is 5.54 Å². The number of hydrogen-bond donors (Lipinski definition) is 1. The summed E-state index contributed by atoms with van der Waals surface area (Å²) < 4.78 is 0. The summed E-state index contributed by atoms with van der Waals surface area (Å²) in [5, 5.41) is 2.47.